The molecule has 0 bridgehead atoms. The van der Waals surface area contributed by atoms with Crippen LogP contribution in [0.25, 0.3) is 0 Å². The maximum atomic E-state index is 10.2. The van der Waals surface area contributed by atoms with Crippen LogP contribution in [0.4, 0.5) is 0 Å². The van der Waals surface area contributed by atoms with Gasteiger partial charge in [-0.3, -0.25) is 4.79 Å². The van der Waals surface area contributed by atoms with Crippen molar-refractivity contribution in [2.24, 2.45) is 10.9 Å². The first kappa shape index (κ1) is 9.27. The molecule has 0 aliphatic heterocycles. The summed E-state index contributed by atoms with van der Waals surface area (Å²) < 4.78 is 0. The minimum absolute atomic E-state index is 0.341. The molecule has 0 saturated heterocycles. The molecule has 1 N–H and O–H groups in total. The maximum absolute atomic E-state index is 10.2. The molecular formula is C6H9NO2S. The summed E-state index contributed by atoms with van der Waals surface area (Å²) in [4.78, 5) is 13.8. The molecule has 0 radical (unpaired) electrons. The second-order valence-electron chi connectivity index (χ2n) is 2.00. The van der Waals surface area contributed by atoms with Gasteiger partial charge in [0.1, 0.15) is 0 Å². The molecule has 0 amide bonds. The fourth-order valence-electron chi connectivity index (χ4n) is 0.427. The van der Waals surface area contributed by atoms with Gasteiger partial charge in [-0.15, -0.1) is 0 Å². The van der Waals surface area contributed by atoms with Crippen molar-refractivity contribution < 1.29 is 9.90 Å². The number of carbonyl (C=O) groups is 1. The number of hydrogen-bond donors (Lipinski definition) is 1. The molecule has 0 saturated carbocycles. The van der Waals surface area contributed by atoms with E-state index in [9.17, 15) is 4.79 Å². The number of aliphatic imine (C=N–C) groups is 1. The van der Waals surface area contributed by atoms with E-state index in [0.717, 1.165) is 0 Å². The van der Waals surface area contributed by atoms with E-state index < -0.39 is 5.97 Å². The Bertz CT molecular complexity index is 163. The van der Waals surface area contributed by atoms with Crippen LogP contribution >= 0.6 is 12.2 Å². The van der Waals surface area contributed by atoms with E-state index in [-0.39, 0.29) is 5.92 Å². The van der Waals surface area contributed by atoms with Crippen molar-refractivity contribution in [3.8, 4) is 0 Å². The molecule has 0 aliphatic carbocycles. The quantitative estimate of drug-likeness (QED) is 0.495. The zero-order valence-electron chi connectivity index (χ0n) is 5.70. The molecule has 4 heteroatoms. The number of carboxylic acids is 1. The lowest BCUT2D eigenvalue weighted by Gasteiger charge is -2.00. The topological polar surface area (TPSA) is 49.7 Å². The minimum Gasteiger partial charge on any atom is -0.481 e. The van der Waals surface area contributed by atoms with Crippen LogP contribution in [0.5, 0.6) is 0 Å². The van der Waals surface area contributed by atoms with Crippen LogP contribution in [0, 0.1) is 5.92 Å². The van der Waals surface area contributed by atoms with Crippen molar-refractivity contribution >= 4 is 23.3 Å². The molecule has 1 atom stereocenters. The van der Waals surface area contributed by atoms with Crippen molar-refractivity contribution in [3.05, 3.63) is 0 Å². The zero-order valence-corrected chi connectivity index (χ0v) is 6.52. The Morgan fingerprint density at radius 3 is 2.90 bits per heavy atom. The molecule has 0 aromatic rings. The molecule has 0 fully saturated rings. The number of nitrogens with zero attached hydrogens (tertiary/aromatic N) is 1. The Labute approximate surface area is 64.8 Å². The van der Waals surface area contributed by atoms with Gasteiger partial charge in [0.2, 0.25) is 0 Å². The molecule has 3 nitrogen and oxygen atoms in total. The fraction of sp³-hybridized carbons (Fsp3) is 0.667. The van der Waals surface area contributed by atoms with Crippen LogP contribution in [0.3, 0.4) is 0 Å². The van der Waals surface area contributed by atoms with E-state index in [4.69, 9.17) is 5.11 Å². The molecular weight excluding hydrogens is 150 g/mol. The van der Waals surface area contributed by atoms with Crippen molar-refractivity contribution in [1.29, 1.82) is 0 Å². The van der Waals surface area contributed by atoms with Gasteiger partial charge in [-0.1, -0.05) is 6.92 Å². The highest BCUT2D eigenvalue weighted by Gasteiger charge is 2.08. The van der Waals surface area contributed by atoms with Crippen molar-refractivity contribution in [1.82, 2.24) is 0 Å². The standard InChI is InChI=1S/C6H9NO2S/c1-5(6(8)9)2-3-7-4-10/h5H,2-3H2,1H3,(H,8,9). The first-order valence-corrected chi connectivity index (χ1v) is 3.35. The first-order chi connectivity index (χ1) is 4.68. The number of isothiocyanates is 1. The first-order valence-electron chi connectivity index (χ1n) is 2.95. The third-order valence-corrected chi connectivity index (χ3v) is 1.29. The van der Waals surface area contributed by atoms with E-state index in [1.165, 1.54) is 0 Å². The van der Waals surface area contributed by atoms with E-state index >= 15 is 0 Å². The van der Waals surface area contributed by atoms with Gasteiger partial charge in [-0.25, -0.2) is 4.99 Å². The van der Waals surface area contributed by atoms with Crippen LogP contribution < -0.4 is 0 Å². The summed E-state index contributed by atoms with van der Waals surface area (Å²) in [7, 11) is 0. The van der Waals surface area contributed by atoms with Gasteiger partial charge in [0.05, 0.1) is 17.6 Å². The Kier molecular flexibility index (Phi) is 4.72. The normalized spacial score (nSPS) is 11.7. The molecule has 56 valence electrons. The second kappa shape index (κ2) is 5.09. The monoisotopic (exact) mass is 159 g/mol. The third kappa shape index (κ3) is 4.18. The van der Waals surface area contributed by atoms with Gasteiger partial charge >= 0.3 is 5.97 Å². The zero-order chi connectivity index (χ0) is 7.98. The summed E-state index contributed by atoms with van der Waals surface area (Å²) in [5.74, 6) is -1.13. The molecule has 0 aliphatic rings. The maximum Gasteiger partial charge on any atom is 0.306 e. The lowest BCUT2D eigenvalue weighted by molar-refractivity contribution is -0.141. The van der Waals surface area contributed by atoms with Crippen molar-refractivity contribution in [3.63, 3.8) is 0 Å². The van der Waals surface area contributed by atoms with Gasteiger partial charge < -0.3 is 5.11 Å². The minimum atomic E-state index is -0.792. The molecule has 0 aromatic heterocycles. The number of rotatable bonds is 4. The molecule has 0 rings (SSSR count). The molecule has 10 heavy (non-hydrogen) atoms. The Morgan fingerprint density at radius 2 is 2.50 bits per heavy atom. The smallest absolute Gasteiger partial charge is 0.306 e. The largest absolute Gasteiger partial charge is 0.481 e. The SMILES string of the molecule is CC(CCN=C=S)C(=O)O. The fourth-order valence-corrected chi connectivity index (χ4v) is 0.519. The lowest BCUT2D eigenvalue weighted by Crippen LogP contribution is -2.10. The Morgan fingerprint density at radius 1 is 1.90 bits per heavy atom. The highest BCUT2D eigenvalue weighted by molar-refractivity contribution is 7.78. The predicted molar refractivity (Wildman–Crippen MR) is 41.3 cm³/mol. The van der Waals surface area contributed by atoms with E-state index in [1.807, 2.05) is 0 Å². The second-order valence-corrected chi connectivity index (χ2v) is 2.18. The number of thiocarbonyl (C=S) groups is 1. The van der Waals surface area contributed by atoms with Crippen LogP contribution in [0.2, 0.25) is 0 Å². The number of hydrogen-bond acceptors (Lipinski definition) is 3. The highest BCUT2D eigenvalue weighted by Crippen LogP contribution is 2.00. The van der Waals surface area contributed by atoms with Gasteiger partial charge in [-0.05, 0) is 18.6 Å². The average Bonchev–Trinajstić information content (AvgIpc) is 1.88. The summed E-state index contributed by atoms with van der Waals surface area (Å²) in [6.45, 7) is 2.10. The van der Waals surface area contributed by atoms with Crippen LogP contribution in [0.15, 0.2) is 4.99 Å². The third-order valence-electron chi connectivity index (χ3n) is 1.16. The van der Waals surface area contributed by atoms with Crippen LogP contribution in [0.1, 0.15) is 13.3 Å². The van der Waals surface area contributed by atoms with Gasteiger partial charge in [0.15, 0.2) is 0 Å². The van der Waals surface area contributed by atoms with Gasteiger partial charge in [0, 0.05) is 0 Å². The summed E-state index contributed by atoms with van der Waals surface area (Å²) >= 11 is 4.31. The highest BCUT2D eigenvalue weighted by atomic mass is 32.1. The van der Waals surface area contributed by atoms with E-state index in [2.05, 4.69) is 22.4 Å². The van der Waals surface area contributed by atoms with E-state index in [1.54, 1.807) is 6.92 Å². The summed E-state index contributed by atoms with van der Waals surface area (Å²) in [5, 5.41) is 10.6. The molecule has 0 aromatic carbocycles. The van der Waals surface area contributed by atoms with Crippen LogP contribution in [-0.4, -0.2) is 22.8 Å². The molecule has 0 spiro atoms. The molecule has 0 heterocycles. The van der Waals surface area contributed by atoms with Crippen molar-refractivity contribution in [2.75, 3.05) is 6.54 Å². The summed E-state index contributed by atoms with van der Waals surface area (Å²) in [5.41, 5.74) is 0. The average molecular weight is 159 g/mol. The molecule has 1 unspecified atom stereocenters. The van der Waals surface area contributed by atoms with Gasteiger partial charge in [-0.2, -0.15) is 0 Å². The number of aliphatic carboxylic acids is 1. The van der Waals surface area contributed by atoms with Crippen LogP contribution in [-0.2, 0) is 4.79 Å². The van der Waals surface area contributed by atoms with Gasteiger partial charge in [0.25, 0.3) is 0 Å². The summed E-state index contributed by atoms with van der Waals surface area (Å²) in [6.07, 6.45) is 0.527. The lowest BCUT2D eigenvalue weighted by atomic mass is 10.1. The van der Waals surface area contributed by atoms with Crippen molar-refractivity contribution in [2.45, 2.75) is 13.3 Å². The Hall–Kier alpha value is -0.730. The Balaban J connectivity index is 3.48. The number of carboxylic acid groups (broad SMARTS) is 1. The predicted octanol–water partition coefficient (Wildman–Crippen LogP) is 1.20. The van der Waals surface area contributed by atoms with E-state index in [0.29, 0.717) is 13.0 Å². The summed E-state index contributed by atoms with van der Waals surface area (Å²) in [6, 6.07) is 0.